The zero-order valence-electron chi connectivity index (χ0n) is 9.90. The third-order valence-corrected chi connectivity index (χ3v) is 3.74. The molecule has 19 heavy (non-hydrogen) atoms. The summed E-state index contributed by atoms with van der Waals surface area (Å²) in [6, 6.07) is 7.18. The summed E-state index contributed by atoms with van der Waals surface area (Å²) in [5.41, 5.74) is 4.70. The van der Waals surface area contributed by atoms with Crippen molar-refractivity contribution < 1.29 is 9.53 Å². The van der Waals surface area contributed by atoms with Gasteiger partial charge in [0.05, 0.1) is 5.56 Å². The van der Waals surface area contributed by atoms with Crippen LogP contribution in [0.25, 0.3) is 0 Å². The summed E-state index contributed by atoms with van der Waals surface area (Å²) in [6.45, 7) is 0. The van der Waals surface area contributed by atoms with Gasteiger partial charge in [-0.15, -0.1) is 5.73 Å². The average Bonchev–Trinajstić information content (AvgIpc) is 2.89. The normalized spacial score (nSPS) is 13.6. The predicted molar refractivity (Wildman–Crippen MR) is 87.0 cm³/mol. The molecule has 0 amide bonds. The predicted octanol–water partition coefficient (Wildman–Crippen LogP) is 4.92. The highest BCUT2D eigenvalue weighted by Gasteiger charge is 2.10. The Morgan fingerprint density at radius 3 is 2.89 bits per heavy atom. The number of carbonyl (C=O) groups is 1. The third-order valence-electron chi connectivity index (χ3n) is 2.41. The van der Waals surface area contributed by atoms with Crippen LogP contribution in [0.15, 0.2) is 68.1 Å². The Balaban J connectivity index is 1.98. The number of rotatable bonds is 4. The van der Waals surface area contributed by atoms with E-state index in [2.05, 4.69) is 44.3 Å². The molecular weight excluding hydrogens is 419 g/mol. The molecule has 1 aliphatic carbocycles. The highest BCUT2D eigenvalue weighted by Crippen LogP contribution is 2.21. The number of allylic oxidation sites excluding steroid dienone is 4. The smallest absolute Gasteiger partial charge is 0.344 e. The van der Waals surface area contributed by atoms with Gasteiger partial charge in [-0.3, -0.25) is 0 Å². The van der Waals surface area contributed by atoms with Crippen LogP contribution in [0.5, 0.6) is 0 Å². The summed E-state index contributed by atoms with van der Waals surface area (Å²) < 4.78 is 6.84. The summed E-state index contributed by atoms with van der Waals surface area (Å²) >= 11 is 5.48. The Kier molecular flexibility index (Phi) is 5.19. The molecule has 0 heterocycles. The minimum absolute atomic E-state index is 0.367. The van der Waals surface area contributed by atoms with Gasteiger partial charge in [-0.2, -0.15) is 0 Å². The summed E-state index contributed by atoms with van der Waals surface area (Å²) in [5, 5.41) is 0. The average molecular weight is 429 g/mol. The minimum Gasteiger partial charge on any atom is -0.430 e. The number of hydrogen-bond donors (Lipinski definition) is 0. The van der Waals surface area contributed by atoms with Gasteiger partial charge < -0.3 is 4.74 Å². The van der Waals surface area contributed by atoms with Gasteiger partial charge in [0.25, 0.3) is 0 Å². The second kappa shape index (κ2) is 6.89. The number of esters is 1. The van der Waals surface area contributed by atoms with Gasteiger partial charge >= 0.3 is 5.97 Å². The van der Waals surface area contributed by atoms with Gasteiger partial charge in [-0.1, -0.05) is 24.3 Å². The van der Waals surface area contributed by atoms with E-state index in [0.717, 1.165) is 20.0 Å². The first-order valence-corrected chi connectivity index (χ1v) is 7.46. The van der Waals surface area contributed by atoms with Crippen LogP contribution in [-0.2, 0) is 4.74 Å². The van der Waals surface area contributed by atoms with Crippen molar-refractivity contribution in [2.24, 2.45) is 0 Å². The van der Waals surface area contributed by atoms with Crippen molar-refractivity contribution in [2.75, 3.05) is 0 Å². The molecule has 4 heteroatoms. The third kappa shape index (κ3) is 4.20. The van der Waals surface area contributed by atoms with Gasteiger partial charge in [0.1, 0.15) is 6.26 Å². The van der Waals surface area contributed by atoms with Gasteiger partial charge in [-0.25, -0.2) is 4.79 Å². The molecular formula is C15H10BrIO2. The molecule has 0 unspecified atom stereocenters. The van der Waals surface area contributed by atoms with E-state index >= 15 is 0 Å². The summed E-state index contributed by atoms with van der Waals surface area (Å²) in [6.07, 6.45) is 8.00. The van der Waals surface area contributed by atoms with Crippen molar-refractivity contribution in [1.82, 2.24) is 0 Å². The second-order valence-electron chi connectivity index (χ2n) is 3.82. The lowest BCUT2D eigenvalue weighted by Crippen LogP contribution is -2.01. The number of ether oxygens (including phenoxy) is 1. The molecule has 0 atom stereocenters. The zero-order chi connectivity index (χ0) is 13.7. The van der Waals surface area contributed by atoms with Gasteiger partial charge in [0.2, 0.25) is 0 Å². The first-order valence-electron chi connectivity index (χ1n) is 5.59. The summed E-state index contributed by atoms with van der Waals surface area (Å²) in [5.74, 6) is -0.367. The van der Waals surface area contributed by atoms with Crippen LogP contribution in [0.4, 0.5) is 0 Å². The number of halogens is 2. The molecule has 0 aliphatic heterocycles. The monoisotopic (exact) mass is 428 g/mol. The Bertz CT molecular complexity index is 623. The van der Waals surface area contributed by atoms with Crippen molar-refractivity contribution in [3.8, 4) is 0 Å². The van der Waals surface area contributed by atoms with E-state index in [1.165, 1.54) is 6.26 Å². The maximum Gasteiger partial charge on any atom is 0.344 e. The van der Waals surface area contributed by atoms with E-state index in [1.54, 1.807) is 12.1 Å². The van der Waals surface area contributed by atoms with E-state index in [-0.39, 0.29) is 5.97 Å². The second-order valence-corrected chi connectivity index (χ2v) is 6.06. The highest BCUT2D eigenvalue weighted by atomic mass is 127. The number of carbonyl (C=O) groups excluding carboxylic acids is 1. The van der Waals surface area contributed by atoms with Gasteiger partial charge in [0, 0.05) is 14.5 Å². The summed E-state index contributed by atoms with van der Waals surface area (Å²) in [4.78, 5) is 11.9. The van der Waals surface area contributed by atoms with Crippen LogP contribution in [0, 0.1) is 0 Å². The minimum atomic E-state index is -0.367. The molecule has 0 spiro atoms. The largest absolute Gasteiger partial charge is 0.430 e. The molecule has 96 valence electrons. The standard InChI is InChI=1S/C15H10BrIO2/c16-14-8-4-3-7-13(14)15(18)19-10-12(17)9-11-5-1-2-6-11/h1-5,7-8,10H,9H2/b12-10-. The van der Waals surface area contributed by atoms with Crippen LogP contribution < -0.4 is 0 Å². The molecule has 2 nitrogen and oxygen atoms in total. The molecule has 0 saturated carbocycles. The number of benzene rings is 1. The van der Waals surface area contributed by atoms with Gasteiger partial charge in [0.15, 0.2) is 0 Å². The molecule has 1 aromatic rings. The lowest BCUT2D eigenvalue weighted by atomic mass is 10.2. The van der Waals surface area contributed by atoms with E-state index in [0.29, 0.717) is 5.56 Å². The molecule has 0 N–H and O–H groups in total. The van der Waals surface area contributed by atoms with E-state index in [1.807, 2.05) is 30.4 Å². The van der Waals surface area contributed by atoms with Gasteiger partial charge in [-0.05, 0) is 62.3 Å². The molecule has 1 aromatic carbocycles. The van der Waals surface area contributed by atoms with E-state index in [4.69, 9.17) is 4.74 Å². The first-order chi connectivity index (χ1) is 9.16. The molecule has 0 aromatic heterocycles. The lowest BCUT2D eigenvalue weighted by Gasteiger charge is -2.03. The van der Waals surface area contributed by atoms with Crippen molar-refractivity contribution in [2.45, 2.75) is 6.42 Å². The van der Waals surface area contributed by atoms with E-state index in [9.17, 15) is 4.79 Å². The summed E-state index contributed by atoms with van der Waals surface area (Å²) in [7, 11) is 0. The van der Waals surface area contributed by atoms with Crippen LogP contribution >= 0.6 is 38.5 Å². The Labute approximate surface area is 133 Å². The van der Waals surface area contributed by atoms with Crippen molar-refractivity contribution >= 4 is 44.5 Å². The fourth-order valence-corrected chi connectivity index (χ4v) is 2.49. The maximum absolute atomic E-state index is 11.9. The van der Waals surface area contributed by atoms with Crippen LogP contribution in [0.2, 0.25) is 0 Å². The topological polar surface area (TPSA) is 26.3 Å². The van der Waals surface area contributed by atoms with Crippen LogP contribution in [-0.4, -0.2) is 5.97 Å². The number of hydrogen-bond acceptors (Lipinski definition) is 2. The Morgan fingerprint density at radius 2 is 2.21 bits per heavy atom. The van der Waals surface area contributed by atoms with Crippen LogP contribution in [0.3, 0.4) is 0 Å². The van der Waals surface area contributed by atoms with E-state index < -0.39 is 0 Å². The quantitative estimate of drug-likeness (QED) is 0.294. The highest BCUT2D eigenvalue weighted by molar-refractivity contribution is 14.1. The molecule has 0 radical (unpaired) electrons. The fourth-order valence-electron chi connectivity index (χ4n) is 1.51. The molecule has 0 saturated heterocycles. The Morgan fingerprint density at radius 1 is 1.42 bits per heavy atom. The maximum atomic E-state index is 11.9. The van der Waals surface area contributed by atoms with Crippen molar-refractivity contribution in [3.05, 3.63) is 73.7 Å². The molecule has 0 bridgehead atoms. The first kappa shape index (κ1) is 14.3. The fraction of sp³-hybridized carbons (Fsp3) is 0.0667. The van der Waals surface area contributed by atoms with Crippen LogP contribution in [0.1, 0.15) is 16.8 Å². The molecule has 1 aliphatic rings. The van der Waals surface area contributed by atoms with Crippen molar-refractivity contribution in [1.29, 1.82) is 0 Å². The lowest BCUT2D eigenvalue weighted by molar-refractivity contribution is 0.0661. The van der Waals surface area contributed by atoms with Crippen molar-refractivity contribution in [3.63, 3.8) is 0 Å². The zero-order valence-corrected chi connectivity index (χ0v) is 13.6. The molecule has 0 fully saturated rings. The molecule has 2 rings (SSSR count). The Hall–Kier alpha value is -1.10. The SMILES string of the molecule is O=C(O/C=C(\I)CC1=C=CC=C1)c1ccccc1Br.